The Morgan fingerprint density at radius 1 is 1.28 bits per heavy atom. The monoisotopic (exact) mass is 249 g/mol. The van der Waals surface area contributed by atoms with Gasteiger partial charge in [0.05, 0.1) is 13.2 Å². The van der Waals surface area contributed by atoms with Gasteiger partial charge in [-0.05, 0) is 19.0 Å². The summed E-state index contributed by atoms with van der Waals surface area (Å²) in [5.41, 5.74) is 1.25. The summed E-state index contributed by atoms with van der Waals surface area (Å²) in [6.07, 6.45) is 3.46. The Labute approximate surface area is 109 Å². The zero-order chi connectivity index (χ0) is 12.6. The maximum atomic E-state index is 6.10. The maximum absolute atomic E-state index is 6.10. The molecular weight excluding hydrogens is 226 g/mol. The van der Waals surface area contributed by atoms with Gasteiger partial charge in [-0.25, -0.2) is 0 Å². The summed E-state index contributed by atoms with van der Waals surface area (Å²) in [6, 6.07) is 8.31. The first-order chi connectivity index (χ1) is 8.90. The van der Waals surface area contributed by atoms with Crippen molar-refractivity contribution in [3.8, 4) is 5.75 Å². The second kappa shape index (κ2) is 7.39. The number of benzene rings is 1. The molecule has 1 saturated heterocycles. The molecule has 0 atom stereocenters. The number of para-hydroxylation sites is 1. The van der Waals surface area contributed by atoms with E-state index < -0.39 is 0 Å². The van der Waals surface area contributed by atoms with Gasteiger partial charge in [0.2, 0.25) is 0 Å². The minimum absolute atomic E-state index is 0.311. The molecule has 1 heterocycles. The lowest BCUT2D eigenvalue weighted by Gasteiger charge is -2.24. The van der Waals surface area contributed by atoms with Gasteiger partial charge in [-0.2, -0.15) is 0 Å². The number of hydrogen-bond donors (Lipinski definition) is 1. The van der Waals surface area contributed by atoms with Crippen LogP contribution >= 0.6 is 0 Å². The topological polar surface area (TPSA) is 30.5 Å². The summed E-state index contributed by atoms with van der Waals surface area (Å²) in [6.45, 7) is 5.75. The van der Waals surface area contributed by atoms with E-state index in [1.54, 1.807) is 0 Å². The summed E-state index contributed by atoms with van der Waals surface area (Å²) in [5, 5.41) is 3.42. The van der Waals surface area contributed by atoms with E-state index in [2.05, 4.69) is 30.4 Å². The molecular formula is C15H23NO2. The van der Waals surface area contributed by atoms with Crippen molar-refractivity contribution in [1.82, 2.24) is 5.32 Å². The highest BCUT2D eigenvalue weighted by atomic mass is 16.5. The van der Waals surface area contributed by atoms with E-state index in [4.69, 9.17) is 9.47 Å². The summed E-state index contributed by atoms with van der Waals surface area (Å²) >= 11 is 0. The Bertz CT molecular complexity index is 348. The Morgan fingerprint density at radius 2 is 2.06 bits per heavy atom. The van der Waals surface area contributed by atoms with Crippen molar-refractivity contribution in [3.05, 3.63) is 29.8 Å². The van der Waals surface area contributed by atoms with Gasteiger partial charge >= 0.3 is 0 Å². The lowest BCUT2D eigenvalue weighted by atomic mass is 10.1. The van der Waals surface area contributed by atoms with Gasteiger partial charge < -0.3 is 14.8 Å². The van der Waals surface area contributed by atoms with Gasteiger partial charge in [0.15, 0.2) is 0 Å². The first-order valence-electron chi connectivity index (χ1n) is 6.93. The molecule has 0 aliphatic carbocycles. The molecule has 3 heteroatoms. The van der Waals surface area contributed by atoms with Gasteiger partial charge in [0.1, 0.15) is 11.9 Å². The van der Waals surface area contributed by atoms with Crippen LogP contribution < -0.4 is 10.1 Å². The molecule has 1 N–H and O–H groups in total. The van der Waals surface area contributed by atoms with Gasteiger partial charge in [-0.1, -0.05) is 25.1 Å². The summed E-state index contributed by atoms with van der Waals surface area (Å²) in [5.74, 6) is 1.02. The first kappa shape index (κ1) is 13.4. The molecule has 0 spiro atoms. The fraction of sp³-hybridized carbons (Fsp3) is 0.600. The molecule has 1 aromatic rings. The van der Waals surface area contributed by atoms with Crippen LogP contribution in [0.1, 0.15) is 31.7 Å². The second-order valence-electron chi connectivity index (χ2n) is 4.71. The van der Waals surface area contributed by atoms with Crippen LogP contribution in [0.5, 0.6) is 5.75 Å². The third-order valence-corrected chi connectivity index (χ3v) is 3.18. The number of rotatable bonds is 6. The Morgan fingerprint density at radius 3 is 2.83 bits per heavy atom. The molecule has 0 saturated carbocycles. The van der Waals surface area contributed by atoms with Crippen LogP contribution in [-0.4, -0.2) is 25.9 Å². The van der Waals surface area contributed by atoms with E-state index in [9.17, 15) is 0 Å². The van der Waals surface area contributed by atoms with Crippen molar-refractivity contribution in [2.24, 2.45) is 0 Å². The van der Waals surface area contributed by atoms with E-state index in [0.717, 1.165) is 51.3 Å². The lowest BCUT2D eigenvalue weighted by molar-refractivity contribution is 0.0251. The standard InChI is InChI=1S/C15H23NO2/c1-2-9-16-12-13-5-3-4-6-15(13)18-14-7-10-17-11-8-14/h3-6,14,16H,2,7-12H2,1H3. The molecule has 0 bridgehead atoms. The molecule has 2 rings (SSSR count). The Hall–Kier alpha value is -1.06. The van der Waals surface area contributed by atoms with Crippen LogP contribution in [0, 0.1) is 0 Å². The zero-order valence-corrected chi connectivity index (χ0v) is 11.2. The molecule has 1 aromatic carbocycles. The highest BCUT2D eigenvalue weighted by molar-refractivity contribution is 5.33. The third-order valence-electron chi connectivity index (χ3n) is 3.18. The van der Waals surface area contributed by atoms with Gasteiger partial charge in [0.25, 0.3) is 0 Å². The van der Waals surface area contributed by atoms with Crippen molar-refractivity contribution in [2.45, 2.75) is 38.8 Å². The molecule has 0 aromatic heterocycles. The summed E-state index contributed by atoms with van der Waals surface area (Å²) < 4.78 is 11.5. The number of hydrogen-bond acceptors (Lipinski definition) is 3. The lowest BCUT2D eigenvalue weighted by Crippen LogP contribution is -2.26. The number of nitrogens with one attached hydrogen (secondary N) is 1. The predicted molar refractivity (Wildman–Crippen MR) is 72.9 cm³/mol. The fourth-order valence-corrected chi connectivity index (χ4v) is 2.14. The van der Waals surface area contributed by atoms with Crippen LogP contribution in [0.2, 0.25) is 0 Å². The average Bonchev–Trinajstić information content (AvgIpc) is 2.42. The molecule has 1 fully saturated rings. The van der Waals surface area contributed by atoms with E-state index in [1.165, 1.54) is 5.56 Å². The third kappa shape index (κ3) is 4.00. The Kier molecular flexibility index (Phi) is 5.49. The highest BCUT2D eigenvalue weighted by Gasteiger charge is 2.16. The van der Waals surface area contributed by atoms with Crippen molar-refractivity contribution < 1.29 is 9.47 Å². The summed E-state index contributed by atoms with van der Waals surface area (Å²) in [4.78, 5) is 0. The van der Waals surface area contributed by atoms with Crippen molar-refractivity contribution in [2.75, 3.05) is 19.8 Å². The minimum atomic E-state index is 0.311. The first-order valence-corrected chi connectivity index (χ1v) is 6.93. The van der Waals surface area contributed by atoms with E-state index in [-0.39, 0.29) is 0 Å². The highest BCUT2D eigenvalue weighted by Crippen LogP contribution is 2.22. The molecule has 1 aliphatic rings. The smallest absolute Gasteiger partial charge is 0.124 e. The Balaban J connectivity index is 1.93. The molecule has 18 heavy (non-hydrogen) atoms. The van der Waals surface area contributed by atoms with Crippen LogP contribution in [0.15, 0.2) is 24.3 Å². The van der Waals surface area contributed by atoms with Crippen LogP contribution in [-0.2, 0) is 11.3 Å². The van der Waals surface area contributed by atoms with Gasteiger partial charge in [-0.15, -0.1) is 0 Å². The van der Waals surface area contributed by atoms with E-state index in [1.807, 2.05) is 6.07 Å². The largest absolute Gasteiger partial charge is 0.490 e. The maximum Gasteiger partial charge on any atom is 0.124 e. The van der Waals surface area contributed by atoms with Gasteiger partial charge in [0, 0.05) is 24.9 Å². The number of ether oxygens (including phenoxy) is 2. The van der Waals surface area contributed by atoms with Crippen LogP contribution in [0.25, 0.3) is 0 Å². The van der Waals surface area contributed by atoms with Crippen molar-refractivity contribution >= 4 is 0 Å². The van der Waals surface area contributed by atoms with Crippen LogP contribution in [0.4, 0.5) is 0 Å². The molecule has 0 unspecified atom stereocenters. The van der Waals surface area contributed by atoms with E-state index in [0.29, 0.717) is 6.10 Å². The van der Waals surface area contributed by atoms with Crippen LogP contribution in [0.3, 0.4) is 0 Å². The minimum Gasteiger partial charge on any atom is -0.490 e. The predicted octanol–water partition coefficient (Wildman–Crippen LogP) is 2.74. The van der Waals surface area contributed by atoms with E-state index >= 15 is 0 Å². The molecule has 0 radical (unpaired) electrons. The average molecular weight is 249 g/mol. The zero-order valence-electron chi connectivity index (χ0n) is 11.2. The fourth-order valence-electron chi connectivity index (χ4n) is 2.14. The van der Waals surface area contributed by atoms with Crippen molar-refractivity contribution in [1.29, 1.82) is 0 Å². The molecule has 0 amide bonds. The normalized spacial score (nSPS) is 16.7. The summed E-state index contributed by atoms with van der Waals surface area (Å²) in [7, 11) is 0. The SMILES string of the molecule is CCCNCc1ccccc1OC1CCOCC1. The quantitative estimate of drug-likeness (QED) is 0.786. The second-order valence-corrected chi connectivity index (χ2v) is 4.71. The molecule has 1 aliphatic heterocycles. The van der Waals surface area contributed by atoms with Crippen molar-refractivity contribution in [3.63, 3.8) is 0 Å². The van der Waals surface area contributed by atoms with Gasteiger partial charge in [-0.3, -0.25) is 0 Å². The molecule has 100 valence electrons. The molecule has 3 nitrogen and oxygen atoms in total.